The van der Waals surface area contributed by atoms with Crippen LogP contribution in [0, 0.1) is 0 Å². The van der Waals surface area contributed by atoms with Crippen LogP contribution in [0.25, 0.3) is 10.9 Å². The Labute approximate surface area is 176 Å². The van der Waals surface area contributed by atoms with Crippen molar-refractivity contribution in [3.8, 4) is 5.75 Å². The minimum atomic E-state index is -4.06. The minimum absolute atomic E-state index is 0.00465. The SMILES string of the molecule is O=c1c(C2=NS(=O)(=O)c3ccccc3N2)c(O)c2ccccc2n1NC1=CCOC=C1. The molecule has 3 aromatic rings. The number of hydrogen-bond acceptors (Lipinski definition) is 7. The average Bonchev–Trinajstić information content (AvgIpc) is 2.77. The molecule has 0 unspecified atom stereocenters. The van der Waals surface area contributed by atoms with E-state index in [1.165, 1.54) is 17.0 Å². The number of para-hydroxylation sites is 2. The molecule has 3 N–H and O–H groups in total. The molecule has 5 rings (SSSR count). The lowest BCUT2D eigenvalue weighted by Gasteiger charge is -2.21. The molecule has 2 aliphatic rings. The van der Waals surface area contributed by atoms with Crippen LogP contribution in [0.3, 0.4) is 0 Å². The van der Waals surface area contributed by atoms with E-state index < -0.39 is 15.6 Å². The number of ether oxygens (including phenoxy) is 1. The van der Waals surface area contributed by atoms with Crippen LogP contribution in [-0.2, 0) is 14.8 Å². The van der Waals surface area contributed by atoms with E-state index in [9.17, 15) is 18.3 Å². The number of allylic oxidation sites excluding steroid dienone is 1. The lowest BCUT2D eigenvalue weighted by Crippen LogP contribution is -2.36. The summed E-state index contributed by atoms with van der Waals surface area (Å²) in [5.74, 6) is -0.616. The van der Waals surface area contributed by atoms with Crippen molar-refractivity contribution < 1.29 is 18.3 Å². The number of pyridine rings is 1. The number of fused-ring (bicyclic) bond motifs is 2. The summed E-state index contributed by atoms with van der Waals surface area (Å²) in [6.45, 7) is 0.333. The lowest BCUT2D eigenvalue weighted by molar-refractivity contribution is 0.284. The fourth-order valence-corrected chi connectivity index (χ4v) is 4.59. The van der Waals surface area contributed by atoms with Gasteiger partial charge < -0.3 is 15.2 Å². The van der Waals surface area contributed by atoms with Gasteiger partial charge in [-0.25, -0.2) is 4.68 Å². The van der Waals surface area contributed by atoms with Crippen molar-refractivity contribution in [2.24, 2.45) is 4.40 Å². The molecule has 0 bridgehead atoms. The molecule has 0 aliphatic carbocycles. The van der Waals surface area contributed by atoms with Gasteiger partial charge in [-0.3, -0.25) is 10.2 Å². The summed E-state index contributed by atoms with van der Waals surface area (Å²) in [5.41, 5.74) is 3.35. The molecule has 0 atom stereocenters. The third-order valence-corrected chi connectivity index (χ3v) is 6.24. The van der Waals surface area contributed by atoms with Crippen LogP contribution in [-0.4, -0.2) is 30.6 Å². The molecule has 2 aromatic carbocycles. The standard InChI is InChI=1S/C21H16N4O5S/c26-19-14-5-1-3-7-16(14)25(23-13-9-11-30-12-10-13)21(27)18(19)20-22-15-6-2-4-8-17(15)31(28,29)24-20/h1-11,23,26H,12H2,(H,22,24). The van der Waals surface area contributed by atoms with E-state index in [-0.39, 0.29) is 27.7 Å². The van der Waals surface area contributed by atoms with Gasteiger partial charge in [-0.05, 0) is 36.4 Å². The number of sulfonamides is 1. The van der Waals surface area contributed by atoms with Crippen molar-refractivity contribution in [3.63, 3.8) is 0 Å². The first kappa shape index (κ1) is 18.9. The zero-order chi connectivity index (χ0) is 21.6. The molecule has 0 radical (unpaired) electrons. The summed E-state index contributed by atoms with van der Waals surface area (Å²) in [6, 6.07) is 13.0. The number of nitrogens with zero attached hydrogens (tertiary/aromatic N) is 2. The molecular weight excluding hydrogens is 420 g/mol. The van der Waals surface area contributed by atoms with E-state index in [4.69, 9.17) is 4.74 Å². The smallest absolute Gasteiger partial charge is 0.286 e. The quantitative estimate of drug-likeness (QED) is 0.576. The van der Waals surface area contributed by atoms with Crippen LogP contribution in [0.5, 0.6) is 5.75 Å². The zero-order valence-electron chi connectivity index (χ0n) is 15.9. The van der Waals surface area contributed by atoms with Gasteiger partial charge in [0, 0.05) is 5.39 Å². The van der Waals surface area contributed by atoms with E-state index in [0.717, 1.165) is 0 Å². The number of aromatic hydroxyl groups is 1. The number of benzene rings is 2. The molecule has 3 heterocycles. The van der Waals surface area contributed by atoms with Gasteiger partial charge in [0.25, 0.3) is 15.6 Å². The highest BCUT2D eigenvalue weighted by atomic mass is 32.2. The van der Waals surface area contributed by atoms with E-state index >= 15 is 0 Å². The monoisotopic (exact) mass is 436 g/mol. The molecular formula is C21H16N4O5S. The molecule has 156 valence electrons. The Balaban J connectivity index is 1.75. The van der Waals surface area contributed by atoms with E-state index in [1.807, 2.05) is 0 Å². The average molecular weight is 436 g/mol. The van der Waals surface area contributed by atoms with Gasteiger partial charge in [0.05, 0.1) is 23.2 Å². The number of amidine groups is 1. The number of anilines is 1. The van der Waals surface area contributed by atoms with E-state index in [0.29, 0.717) is 23.2 Å². The van der Waals surface area contributed by atoms with Gasteiger partial charge in [0.2, 0.25) is 0 Å². The molecule has 0 spiro atoms. The zero-order valence-corrected chi connectivity index (χ0v) is 16.8. The van der Waals surface area contributed by atoms with Crippen LogP contribution < -0.4 is 16.3 Å². The molecule has 9 nitrogen and oxygen atoms in total. The Kier molecular flexibility index (Phi) is 4.29. The van der Waals surface area contributed by atoms with Crippen LogP contribution in [0.4, 0.5) is 5.69 Å². The van der Waals surface area contributed by atoms with Crippen molar-refractivity contribution in [1.82, 2.24) is 4.68 Å². The maximum Gasteiger partial charge on any atom is 0.286 e. The Hall–Kier alpha value is -4.05. The maximum atomic E-state index is 13.4. The Morgan fingerprint density at radius 3 is 2.71 bits per heavy atom. The summed E-state index contributed by atoms with van der Waals surface area (Å²) in [6.07, 6.45) is 4.88. The molecule has 0 amide bonds. The maximum absolute atomic E-state index is 13.4. The normalized spacial score (nSPS) is 16.5. The highest BCUT2D eigenvalue weighted by Gasteiger charge is 2.29. The minimum Gasteiger partial charge on any atom is -0.506 e. The van der Waals surface area contributed by atoms with Gasteiger partial charge in [0.15, 0.2) is 5.84 Å². The van der Waals surface area contributed by atoms with Gasteiger partial charge in [0.1, 0.15) is 22.8 Å². The number of nitrogens with one attached hydrogen (secondary N) is 2. The number of aromatic nitrogens is 1. The molecule has 2 aliphatic heterocycles. The van der Waals surface area contributed by atoms with Crippen molar-refractivity contribution in [3.05, 3.63) is 88.6 Å². The molecule has 1 aromatic heterocycles. The summed E-state index contributed by atoms with van der Waals surface area (Å²) in [7, 11) is -4.06. The first-order chi connectivity index (χ1) is 15.0. The summed E-state index contributed by atoms with van der Waals surface area (Å²) in [5, 5.41) is 14.1. The largest absolute Gasteiger partial charge is 0.506 e. The number of hydrogen-bond donors (Lipinski definition) is 3. The molecule has 0 saturated heterocycles. The summed E-state index contributed by atoms with van der Waals surface area (Å²) >= 11 is 0. The molecule has 10 heteroatoms. The molecule has 0 fully saturated rings. The number of rotatable bonds is 3. The highest BCUT2D eigenvalue weighted by Crippen LogP contribution is 2.32. The van der Waals surface area contributed by atoms with Crippen LogP contribution >= 0.6 is 0 Å². The Bertz CT molecular complexity index is 1490. The van der Waals surface area contributed by atoms with Crippen molar-refractivity contribution in [1.29, 1.82) is 0 Å². The van der Waals surface area contributed by atoms with E-state index in [1.54, 1.807) is 54.6 Å². The third kappa shape index (κ3) is 3.13. The highest BCUT2D eigenvalue weighted by molar-refractivity contribution is 7.90. The predicted molar refractivity (Wildman–Crippen MR) is 116 cm³/mol. The lowest BCUT2D eigenvalue weighted by atomic mass is 10.1. The summed E-state index contributed by atoms with van der Waals surface area (Å²) < 4.78 is 35.5. The van der Waals surface area contributed by atoms with Gasteiger partial charge >= 0.3 is 0 Å². The van der Waals surface area contributed by atoms with Crippen LogP contribution in [0.1, 0.15) is 5.56 Å². The van der Waals surface area contributed by atoms with Gasteiger partial charge in [-0.1, -0.05) is 24.3 Å². The van der Waals surface area contributed by atoms with Crippen molar-refractivity contribution in [2.45, 2.75) is 4.90 Å². The van der Waals surface area contributed by atoms with Gasteiger partial charge in [-0.2, -0.15) is 8.42 Å². The van der Waals surface area contributed by atoms with E-state index in [2.05, 4.69) is 15.1 Å². The van der Waals surface area contributed by atoms with Crippen LogP contribution in [0.15, 0.2) is 86.7 Å². The second-order valence-electron chi connectivity index (χ2n) is 6.82. The molecule has 31 heavy (non-hydrogen) atoms. The van der Waals surface area contributed by atoms with Crippen molar-refractivity contribution >= 4 is 32.4 Å². The van der Waals surface area contributed by atoms with Crippen LogP contribution in [0.2, 0.25) is 0 Å². The topological polar surface area (TPSA) is 122 Å². The fourth-order valence-electron chi connectivity index (χ4n) is 3.47. The second-order valence-corrected chi connectivity index (χ2v) is 8.40. The first-order valence-electron chi connectivity index (χ1n) is 9.29. The van der Waals surface area contributed by atoms with Gasteiger partial charge in [-0.15, -0.1) is 4.40 Å². The Morgan fingerprint density at radius 1 is 1.13 bits per heavy atom. The Morgan fingerprint density at radius 2 is 1.90 bits per heavy atom. The first-order valence-corrected chi connectivity index (χ1v) is 10.7. The predicted octanol–water partition coefficient (Wildman–Crippen LogP) is 2.24. The summed E-state index contributed by atoms with van der Waals surface area (Å²) in [4.78, 5) is 13.4. The molecule has 0 saturated carbocycles. The van der Waals surface area contributed by atoms with Crippen molar-refractivity contribution in [2.75, 3.05) is 17.3 Å². The third-order valence-electron chi connectivity index (χ3n) is 4.90. The second kappa shape index (κ2) is 7.03. The fraction of sp³-hybridized carbons (Fsp3) is 0.0476.